The SMILES string of the molecule is CCCCCCCCCCCCCCCCCCOCC(COC(=O)c1ccc(C[n+]2ccsc2)cc1)OC.[Br-]. The molecule has 0 bridgehead atoms. The van der Waals surface area contributed by atoms with E-state index in [2.05, 4.69) is 17.0 Å². The molecule has 0 amide bonds. The van der Waals surface area contributed by atoms with E-state index in [0.29, 0.717) is 12.2 Å². The van der Waals surface area contributed by atoms with Crippen LogP contribution in [0.2, 0.25) is 0 Å². The fourth-order valence-electron chi connectivity index (χ4n) is 4.71. The van der Waals surface area contributed by atoms with Crippen LogP contribution in [0.1, 0.15) is 126 Å². The normalized spacial score (nSPS) is 11.8. The predicted molar refractivity (Wildman–Crippen MR) is 162 cm³/mol. The van der Waals surface area contributed by atoms with E-state index in [9.17, 15) is 4.79 Å². The van der Waals surface area contributed by atoms with Gasteiger partial charge in [0.15, 0.2) is 12.7 Å². The van der Waals surface area contributed by atoms with Gasteiger partial charge in [-0.25, -0.2) is 4.79 Å². The van der Waals surface area contributed by atoms with E-state index < -0.39 is 0 Å². The summed E-state index contributed by atoms with van der Waals surface area (Å²) < 4.78 is 18.8. The molecule has 0 saturated heterocycles. The van der Waals surface area contributed by atoms with Crippen molar-refractivity contribution >= 4 is 17.3 Å². The molecule has 2 rings (SSSR count). The lowest BCUT2D eigenvalue weighted by molar-refractivity contribution is -0.683. The van der Waals surface area contributed by atoms with E-state index in [1.165, 1.54) is 96.3 Å². The predicted octanol–water partition coefficient (Wildman–Crippen LogP) is 5.54. The van der Waals surface area contributed by atoms with Gasteiger partial charge in [-0.15, -0.1) is 0 Å². The number of carbonyl (C=O) groups is 1. The van der Waals surface area contributed by atoms with Crippen LogP contribution >= 0.6 is 11.3 Å². The molecule has 0 aliphatic carbocycles. The van der Waals surface area contributed by atoms with Crippen molar-refractivity contribution in [1.82, 2.24) is 0 Å². The molecule has 0 radical (unpaired) electrons. The molecule has 7 heteroatoms. The molecule has 1 unspecified atom stereocenters. The van der Waals surface area contributed by atoms with E-state index >= 15 is 0 Å². The van der Waals surface area contributed by atoms with E-state index in [1.807, 2.05) is 35.8 Å². The molecule has 1 aromatic heterocycles. The van der Waals surface area contributed by atoms with Gasteiger partial charge in [0.25, 0.3) is 0 Å². The van der Waals surface area contributed by atoms with Crippen molar-refractivity contribution in [3.05, 3.63) is 52.5 Å². The zero-order chi connectivity index (χ0) is 27.8. The molecule has 1 atom stereocenters. The Labute approximate surface area is 258 Å². The van der Waals surface area contributed by atoms with Crippen molar-refractivity contribution in [1.29, 1.82) is 0 Å². The minimum atomic E-state index is -0.329. The van der Waals surface area contributed by atoms with Gasteiger partial charge in [-0.3, -0.25) is 0 Å². The smallest absolute Gasteiger partial charge is 0.338 e. The summed E-state index contributed by atoms with van der Waals surface area (Å²) in [6.45, 7) is 4.45. The van der Waals surface area contributed by atoms with Crippen LogP contribution in [0, 0.1) is 0 Å². The topological polar surface area (TPSA) is 48.6 Å². The lowest BCUT2D eigenvalue weighted by Gasteiger charge is -2.16. The van der Waals surface area contributed by atoms with Crippen LogP contribution < -0.4 is 21.5 Å². The third kappa shape index (κ3) is 18.2. The molecule has 40 heavy (non-hydrogen) atoms. The van der Waals surface area contributed by atoms with Gasteiger partial charge < -0.3 is 31.2 Å². The largest absolute Gasteiger partial charge is 1.00 e. The highest BCUT2D eigenvalue weighted by Gasteiger charge is 2.14. The van der Waals surface area contributed by atoms with Crippen LogP contribution in [0.15, 0.2) is 41.4 Å². The molecule has 228 valence electrons. The Balaban J connectivity index is 0.00000800. The number of ether oxygens (including phenoxy) is 3. The van der Waals surface area contributed by atoms with Crippen molar-refractivity contribution in [3.8, 4) is 0 Å². The highest BCUT2D eigenvalue weighted by molar-refractivity contribution is 7.07. The molecule has 0 N–H and O–H groups in total. The summed E-state index contributed by atoms with van der Waals surface area (Å²) >= 11 is 1.66. The van der Waals surface area contributed by atoms with Crippen molar-refractivity contribution in [3.63, 3.8) is 0 Å². The molecule has 0 spiro atoms. The molecule has 5 nitrogen and oxygen atoms in total. The van der Waals surface area contributed by atoms with E-state index in [0.717, 1.165) is 25.1 Å². The van der Waals surface area contributed by atoms with Crippen LogP contribution in [-0.4, -0.2) is 39.0 Å². The van der Waals surface area contributed by atoms with Gasteiger partial charge in [0.1, 0.15) is 12.7 Å². The number of rotatable bonds is 25. The zero-order valence-corrected chi connectivity index (χ0v) is 27.5. The second kappa shape index (κ2) is 25.4. The van der Waals surface area contributed by atoms with E-state index in [-0.39, 0.29) is 35.7 Å². The first-order chi connectivity index (χ1) is 19.2. The Morgan fingerprint density at radius 2 is 1.35 bits per heavy atom. The van der Waals surface area contributed by atoms with Crippen LogP contribution in [-0.2, 0) is 20.8 Å². The number of nitrogens with zero attached hydrogens (tertiary/aromatic N) is 1. The fraction of sp³-hybridized carbons (Fsp3) is 0.697. The fourth-order valence-corrected chi connectivity index (χ4v) is 5.31. The van der Waals surface area contributed by atoms with Crippen LogP contribution in [0.4, 0.5) is 0 Å². The first kappa shape index (κ1) is 36.7. The maximum absolute atomic E-state index is 12.4. The van der Waals surface area contributed by atoms with E-state index in [4.69, 9.17) is 14.2 Å². The van der Waals surface area contributed by atoms with Crippen LogP contribution in [0.5, 0.6) is 0 Å². The molecular formula is C33H54BrNO4S. The van der Waals surface area contributed by atoms with Gasteiger partial charge in [-0.2, -0.15) is 4.57 Å². The summed E-state index contributed by atoms with van der Waals surface area (Å²) in [6, 6.07) is 7.58. The Morgan fingerprint density at radius 3 is 1.85 bits per heavy atom. The van der Waals surface area contributed by atoms with Gasteiger partial charge in [0.05, 0.1) is 17.6 Å². The summed E-state index contributed by atoms with van der Waals surface area (Å²) in [5.74, 6) is -0.329. The van der Waals surface area contributed by atoms with Crippen molar-refractivity contribution in [2.75, 3.05) is 26.9 Å². The highest BCUT2D eigenvalue weighted by atomic mass is 79.9. The number of thiazole rings is 1. The average molecular weight is 641 g/mol. The summed E-state index contributed by atoms with van der Waals surface area (Å²) in [6.07, 6.45) is 23.6. The average Bonchev–Trinajstić information content (AvgIpc) is 3.47. The standard InChI is InChI=1S/C33H54NO4S.BrH/c1-3-4-5-6-7-8-9-10-11-12-13-14-15-16-17-18-24-37-27-32(36-2)28-38-33(35)31-21-19-30(20-22-31)26-34-23-25-39-29-34;/h19-23,25,29,32H,3-18,24,26-28H2,1-2H3;1H/q+1;/p-1. The zero-order valence-electron chi connectivity index (χ0n) is 25.1. The third-order valence-electron chi connectivity index (χ3n) is 7.26. The van der Waals surface area contributed by atoms with Crippen molar-refractivity contribution in [2.45, 2.75) is 122 Å². The second-order valence-corrected chi connectivity index (χ2v) is 11.5. The Kier molecular flexibility index (Phi) is 23.4. The van der Waals surface area contributed by atoms with Crippen LogP contribution in [0.25, 0.3) is 0 Å². The minimum Gasteiger partial charge on any atom is -1.00 e. The Hall–Kier alpha value is -1.28. The monoisotopic (exact) mass is 639 g/mol. The van der Waals surface area contributed by atoms with Crippen LogP contribution in [0.3, 0.4) is 0 Å². The quantitative estimate of drug-likeness (QED) is 0.0813. The second-order valence-electron chi connectivity index (χ2n) is 10.7. The number of halogens is 1. The number of carbonyl (C=O) groups excluding carboxylic acids is 1. The molecule has 0 aliphatic rings. The van der Waals surface area contributed by atoms with Gasteiger partial charge in [-0.1, -0.05) is 127 Å². The highest BCUT2D eigenvalue weighted by Crippen LogP contribution is 2.14. The number of aromatic nitrogens is 1. The first-order valence-electron chi connectivity index (χ1n) is 15.5. The summed E-state index contributed by atoms with van der Waals surface area (Å²) in [4.78, 5) is 12.4. The van der Waals surface area contributed by atoms with E-state index in [1.54, 1.807) is 18.4 Å². The molecule has 1 aromatic carbocycles. The molecule has 2 aromatic rings. The van der Waals surface area contributed by atoms with Gasteiger partial charge in [0, 0.05) is 19.3 Å². The number of benzene rings is 1. The number of hydrogen-bond donors (Lipinski definition) is 0. The molecule has 0 fully saturated rings. The number of hydrogen-bond acceptors (Lipinski definition) is 5. The number of esters is 1. The molecule has 1 heterocycles. The van der Waals surface area contributed by atoms with Crippen molar-refractivity contribution in [2.24, 2.45) is 0 Å². The number of methoxy groups -OCH3 is 1. The maximum atomic E-state index is 12.4. The summed E-state index contributed by atoms with van der Waals surface area (Å²) in [7, 11) is 1.63. The van der Waals surface area contributed by atoms with Gasteiger partial charge >= 0.3 is 5.97 Å². The lowest BCUT2D eigenvalue weighted by Crippen LogP contribution is -3.00. The lowest BCUT2D eigenvalue weighted by atomic mass is 10.0. The Bertz CT molecular complexity index is 831. The minimum absolute atomic E-state index is 0. The summed E-state index contributed by atoms with van der Waals surface area (Å²) in [5, 5.41) is 2.04. The molecular weight excluding hydrogens is 586 g/mol. The molecule has 0 saturated carbocycles. The van der Waals surface area contributed by atoms with Crippen molar-refractivity contribution < 1.29 is 40.6 Å². The van der Waals surface area contributed by atoms with Gasteiger partial charge in [0.2, 0.25) is 5.51 Å². The number of unbranched alkanes of at least 4 members (excludes halogenated alkanes) is 15. The van der Waals surface area contributed by atoms with Gasteiger partial charge in [-0.05, 0) is 18.6 Å². The maximum Gasteiger partial charge on any atom is 0.338 e. The Morgan fingerprint density at radius 1 is 0.800 bits per heavy atom. The summed E-state index contributed by atoms with van der Waals surface area (Å²) in [5.41, 5.74) is 3.76. The molecule has 0 aliphatic heterocycles. The third-order valence-corrected chi connectivity index (χ3v) is 7.93. The first-order valence-corrected chi connectivity index (χ1v) is 16.4.